The number of rotatable bonds is 0. The summed E-state index contributed by atoms with van der Waals surface area (Å²) < 4.78 is 2.14. The molecule has 2 heteroatoms. The van der Waals surface area contributed by atoms with E-state index in [9.17, 15) is 0 Å². The van der Waals surface area contributed by atoms with Crippen LogP contribution in [0.5, 0.6) is 0 Å². The summed E-state index contributed by atoms with van der Waals surface area (Å²) >= 11 is 0. The number of para-hydroxylation sites is 1. The second-order valence-electron chi connectivity index (χ2n) is 5.46. The Morgan fingerprint density at radius 1 is 0.947 bits per heavy atom. The van der Waals surface area contributed by atoms with E-state index < -0.39 is 0 Å². The fourth-order valence-electron chi connectivity index (χ4n) is 2.30. The third-order valence-electron chi connectivity index (χ3n) is 3.08. The molecule has 3 aromatic rings. The normalized spacial score (nSPS) is 11.4. The van der Waals surface area contributed by atoms with Crippen molar-refractivity contribution in [2.45, 2.75) is 40.0 Å². The Balaban J connectivity index is 0.000000637. The van der Waals surface area contributed by atoms with Gasteiger partial charge in [-0.25, -0.2) is 4.98 Å². The van der Waals surface area contributed by atoms with Crippen LogP contribution < -0.4 is 0 Å². The summed E-state index contributed by atoms with van der Waals surface area (Å²) in [5.41, 5.74) is 3.48. The third-order valence-corrected chi connectivity index (χ3v) is 3.08. The van der Waals surface area contributed by atoms with Crippen LogP contribution in [0.2, 0.25) is 0 Å². The Labute approximate surface area is 115 Å². The van der Waals surface area contributed by atoms with Gasteiger partial charge in [0, 0.05) is 17.0 Å². The minimum Gasteiger partial charge on any atom is -0.301 e. The molecule has 0 aliphatic carbocycles. The second-order valence-corrected chi connectivity index (χ2v) is 5.46. The lowest BCUT2D eigenvalue weighted by molar-refractivity contribution is 0.576. The molecule has 0 aliphatic rings. The molecule has 0 saturated carbocycles. The lowest BCUT2D eigenvalue weighted by Gasteiger charge is -2.20. The van der Waals surface area contributed by atoms with Gasteiger partial charge in [-0.3, -0.25) is 0 Å². The number of hydrogen-bond donors (Lipinski definition) is 0. The molecule has 0 spiro atoms. The smallest absolute Gasteiger partial charge is 0.137 e. The molecule has 1 aromatic carbocycles. The average molecular weight is 254 g/mol. The highest BCUT2D eigenvalue weighted by Crippen LogP contribution is 2.29. The second kappa shape index (κ2) is 5.04. The van der Waals surface area contributed by atoms with E-state index in [1.807, 2.05) is 19.9 Å². The van der Waals surface area contributed by atoms with Crippen molar-refractivity contribution in [3.05, 3.63) is 48.3 Å². The SMILES string of the molecule is CC.CC(C)(C)c1nc2cccn2c2ccccc12. The standard InChI is InChI=1S/C15H16N2.C2H6/c1-15(2,3)14-11-7-4-5-8-12(11)17-10-6-9-13(17)16-14;1-2/h4-10H,1-3H3;1-2H3. The van der Waals surface area contributed by atoms with Crippen molar-refractivity contribution in [3.8, 4) is 0 Å². The molecule has 19 heavy (non-hydrogen) atoms. The molecule has 0 aliphatic heterocycles. The third kappa shape index (κ3) is 2.35. The van der Waals surface area contributed by atoms with Gasteiger partial charge in [-0.05, 0) is 18.2 Å². The van der Waals surface area contributed by atoms with Crippen LogP contribution in [-0.2, 0) is 5.41 Å². The summed E-state index contributed by atoms with van der Waals surface area (Å²) in [6.45, 7) is 10.6. The predicted octanol–water partition coefficient (Wildman–Crippen LogP) is 4.81. The maximum atomic E-state index is 4.80. The van der Waals surface area contributed by atoms with Crippen molar-refractivity contribution in [3.63, 3.8) is 0 Å². The zero-order chi connectivity index (χ0) is 14.0. The molecule has 100 valence electrons. The highest BCUT2D eigenvalue weighted by atomic mass is 15.0. The maximum Gasteiger partial charge on any atom is 0.137 e. The van der Waals surface area contributed by atoms with Gasteiger partial charge in [0.1, 0.15) is 5.65 Å². The molecule has 3 rings (SSSR count). The van der Waals surface area contributed by atoms with E-state index in [2.05, 4.69) is 61.7 Å². The van der Waals surface area contributed by atoms with Crippen molar-refractivity contribution in [1.29, 1.82) is 0 Å². The van der Waals surface area contributed by atoms with Gasteiger partial charge < -0.3 is 4.40 Å². The largest absolute Gasteiger partial charge is 0.301 e. The van der Waals surface area contributed by atoms with E-state index in [1.54, 1.807) is 0 Å². The number of aromatic nitrogens is 2. The number of benzene rings is 1. The molecular weight excluding hydrogens is 232 g/mol. The molecule has 0 unspecified atom stereocenters. The van der Waals surface area contributed by atoms with Crippen LogP contribution in [0.3, 0.4) is 0 Å². The molecule has 0 amide bonds. The van der Waals surface area contributed by atoms with Crippen molar-refractivity contribution >= 4 is 16.6 Å². The number of hydrogen-bond acceptors (Lipinski definition) is 1. The van der Waals surface area contributed by atoms with Crippen molar-refractivity contribution in [2.24, 2.45) is 0 Å². The van der Waals surface area contributed by atoms with Gasteiger partial charge in [-0.1, -0.05) is 52.8 Å². The lowest BCUT2D eigenvalue weighted by Crippen LogP contribution is -2.15. The van der Waals surface area contributed by atoms with Gasteiger partial charge in [0.15, 0.2) is 0 Å². The number of nitrogens with zero attached hydrogens (tertiary/aromatic N) is 2. The molecule has 0 saturated heterocycles. The van der Waals surface area contributed by atoms with E-state index in [4.69, 9.17) is 4.98 Å². The van der Waals surface area contributed by atoms with Crippen LogP contribution in [-0.4, -0.2) is 9.38 Å². The van der Waals surface area contributed by atoms with Crippen LogP contribution in [0.25, 0.3) is 16.6 Å². The van der Waals surface area contributed by atoms with E-state index in [0.717, 1.165) is 5.65 Å². The average Bonchev–Trinajstić information content (AvgIpc) is 2.87. The van der Waals surface area contributed by atoms with Gasteiger partial charge in [0.2, 0.25) is 0 Å². The van der Waals surface area contributed by atoms with E-state index in [1.165, 1.54) is 16.6 Å². The van der Waals surface area contributed by atoms with Crippen LogP contribution in [0.1, 0.15) is 40.3 Å². The Kier molecular flexibility index (Phi) is 3.61. The molecule has 0 N–H and O–H groups in total. The van der Waals surface area contributed by atoms with Crippen LogP contribution >= 0.6 is 0 Å². The van der Waals surface area contributed by atoms with Gasteiger partial charge in [-0.15, -0.1) is 0 Å². The maximum absolute atomic E-state index is 4.80. The highest BCUT2D eigenvalue weighted by molar-refractivity contribution is 5.84. The molecule has 0 atom stereocenters. The monoisotopic (exact) mass is 254 g/mol. The van der Waals surface area contributed by atoms with Gasteiger partial charge >= 0.3 is 0 Å². The molecular formula is C17H22N2. The van der Waals surface area contributed by atoms with Gasteiger partial charge in [0.25, 0.3) is 0 Å². The minimum atomic E-state index is 0.0611. The van der Waals surface area contributed by atoms with E-state index in [0.29, 0.717) is 0 Å². The van der Waals surface area contributed by atoms with E-state index in [-0.39, 0.29) is 5.41 Å². The first kappa shape index (κ1) is 13.6. The lowest BCUT2D eigenvalue weighted by atomic mass is 9.89. The summed E-state index contributed by atoms with van der Waals surface area (Å²) in [6, 6.07) is 12.6. The molecule has 0 bridgehead atoms. The minimum absolute atomic E-state index is 0.0611. The van der Waals surface area contributed by atoms with Crippen molar-refractivity contribution in [2.75, 3.05) is 0 Å². The van der Waals surface area contributed by atoms with Gasteiger partial charge in [0.05, 0.1) is 11.2 Å². The topological polar surface area (TPSA) is 17.3 Å². The summed E-state index contributed by atoms with van der Waals surface area (Å²) in [5.74, 6) is 0. The molecule has 0 fully saturated rings. The fourth-order valence-corrected chi connectivity index (χ4v) is 2.30. The zero-order valence-corrected chi connectivity index (χ0v) is 12.4. The van der Waals surface area contributed by atoms with Crippen molar-refractivity contribution in [1.82, 2.24) is 9.38 Å². The first-order chi connectivity index (χ1) is 9.07. The van der Waals surface area contributed by atoms with Crippen LogP contribution in [0, 0.1) is 0 Å². The molecule has 2 heterocycles. The quantitative estimate of drug-likeness (QED) is 0.562. The highest BCUT2D eigenvalue weighted by Gasteiger charge is 2.19. The summed E-state index contributed by atoms with van der Waals surface area (Å²) in [7, 11) is 0. The fraction of sp³-hybridized carbons (Fsp3) is 0.353. The zero-order valence-electron chi connectivity index (χ0n) is 12.4. The molecule has 2 aromatic heterocycles. The van der Waals surface area contributed by atoms with E-state index >= 15 is 0 Å². The van der Waals surface area contributed by atoms with Gasteiger partial charge in [-0.2, -0.15) is 0 Å². The van der Waals surface area contributed by atoms with Crippen LogP contribution in [0.4, 0.5) is 0 Å². The summed E-state index contributed by atoms with van der Waals surface area (Å²) in [4.78, 5) is 4.80. The Hall–Kier alpha value is -1.83. The Bertz CT molecular complexity index is 687. The first-order valence-corrected chi connectivity index (χ1v) is 6.94. The first-order valence-electron chi connectivity index (χ1n) is 6.94. The summed E-state index contributed by atoms with van der Waals surface area (Å²) in [5, 5.41) is 1.24. The van der Waals surface area contributed by atoms with Crippen molar-refractivity contribution < 1.29 is 0 Å². The summed E-state index contributed by atoms with van der Waals surface area (Å²) in [6.07, 6.45) is 2.07. The predicted molar refractivity (Wildman–Crippen MR) is 82.7 cm³/mol. The Morgan fingerprint density at radius 3 is 2.32 bits per heavy atom. The Morgan fingerprint density at radius 2 is 1.63 bits per heavy atom. The number of fused-ring (bicyclic) bond motifs is 3. The van der Waals surface area contributed by atoms with Crippen LogP contribution in [0.15, 0.2) is 42.6 Å². The molecule has 2 nitrogen and oxygen atoms in total. The molecule has 0 radical (unpaired) electrons.